The molecule has 18 heavy (non-hydrogen) atoms. The molecule has 1 atom stereocenters. The van der Waals surface area contributed by atoms with Crippen LogP contribution in [-0.4, -0.2) is 58.7 Å². The van der Waals surface area contributed by atoms with Crippen molar-refractivity contribution in [2.45, 2.75) is 31.7 Å². The molecule has 0 aromatic rings. The number of rotatable bonds is 8. The Hall–Kier alpha value is -0.210. The van der Waals surface area contributed by atoms with Crippen LogP contribution in [0.2, 0.25) is 0 Å². The zero-order chi connectivity index (χ0) is 13.6. The van der Waals surface area contributed by atoms with Gasteiger partial charge in [0.05, 0.1) is 12.1 Å². The first-order chi connectivity index (χ1) is 8.46. The molecule has 0 spiro atoms. The van der Waals surface area contributed by atoms with Gasteiger partial charge in [0.15, 0.2) is 0 Å². The van der Waals surface area contributed by atoms with E-state index in [9.17, 15) is 8.42 Å². The van der Waals surface area contributed by atoms with Crippen molar-refractivity contribution in [2.24, 2.45) is 0 Å². The maximum atomic E-state index is 12.0. The molecular weight excluding hydrogens is 254 g/mol. The lowest BCUT2D eigenvalue weighted by atomic mass is 9.99. The Morgan fingerprint density at radius 3 is 2.72 bits per heavy atom. The quantitative estimate of drug-likeness (QED) is 0.652. The third kappa shape index (κ3) is 4.17. The minimum Gasteiger partial charge on any atom is -0.383 e. The normalized spacial score (nSPS) is 24.9. The topological polar surface area (TPSA) is 70.7 Å². The van der Waals surface area contributed by atoms with Crippen LogP contribution in [0.3, 0.4) is 0 Å². The van der Waals surface area contributed by atoms with Crippen molar-refractivity contribution in [3.63, 3.8) is 0 Å². The number of hydrogen-bond donors (Lipinski definition) is 2. The van der Waals surface area contributed by atoms with E-state index in [0.717, 1.165) is 25.8 Å². The van der Waals surface area contributed by atoms with Crippen LogP contribution in [0.4, 0.5) is 0 Å². The number of methoxy groups -OCH3 is 1. The third-order valence-electron chi connectivity index (χ3n) is 3.29. The second kappa shape index (κ2) is 6.81. The number of nitrogens with zero attached hydrogens (tertiary/aromatic N) is 1. The summed E-state index contributed by atoms with van der Waals surface area (Å²) in [5.74, 6) is 0. The molecule has 6 nitrogen and oxygen atoms in total. The highest BCUT2D eigenvalue weighted by Gasteiger charge is 2.35. The van der Waals surface area contributed by atoms with Gasteiger partial charge < -0.3 is 10.1 Å². The predicted molar refractivity (Wildman–Crippen MR) is 71.7 cm³/mol. The molecule has 0 radical (unpaired) electrons. The monoisotopic (exact) mass is 279 g/mol. The lowest BCUT2D eigenvalue weighted by Crippen LogP contribution is -2.54. The fraction of sp³-hybridized carbons (Fsp3) is 1.00. The van der Waals surface area contributed by atoms with Crippen molar-refractivity contribution in [3.05, 3.63) is 0 Å². The molecule has 0 aliphatic carbocycles. The summed E-state index contributed by atoms with van der Waals surface area (Å²) < 4.78 is 33.1. The fourth-order valence-electron chi connectivity index (χ4n) is 2.24. The lowest BCUT2D eigenvalue weighted by Gasteiger charge is -2.29. The van der Waals surface area contributed by atoms with Gasteiger partial charge in [-0.05, 0) is 25.8 Å². The number of nitrogens with one attached hydrogen (secondary N) is 2. The Labute approximate surface area is 110 Å². The van der Waals surface area contributed by atoms with Crippen LogP contribution in [0.15, 0.2) is 0 Å². The Bertz CT molecular complexity index is 339. The Balaban J connectivity index is 2.56. The molecule has 0 aromatic carbocycles. The van der Waals surface area contributed by atoms with Gasteiger partial charge >= 0.3 is 0 Å². The van der Waals surface area contributed by atoms with Gasteiger partial charge in [-0.3, -0.25) is 0 Å². The zero-order valence-corrected chi connectivity index (χ0v) is 12.3. The maximum absolute atomic E-state index is 12.0. The van der Waals surface area contributed by atoms with Gasteiger partial charge in [-0.1, -0.05) is 6.92 Å². The maximum Gasteiger partial charge on any atom is 0.279 e. The van der Waals surface area contributed by atoms with Gasteiger partial charge in [0.25, 0.3) is 10.2 Å². The summed E-state index contributed by atoms with van der Waals surface area (Å²) in [5.41, 5.74) is -0.255. The lowest BCUT2D eigenvalue weighted by molar-refractivity contribution is 0.122. The van der Waals surface area contributed by atoms with Crippen LogP contribution in [0.5, 0.6) is 0 Å². The van der Waals surface area contributed by atoms with Gasteiger partial charge in [0.1, 0.15) is 0 Å². The van der Waals surface area contributed by atoms with E-state index >= 15 is 0 Å². The minimum absolute atomic E-state index is 0.255. The predicted octanol–water partition coefficient (Wildman–Crippen LogP) is -0.0688. The van der Waals surface area contributed by atoms with Gasteiger partial charge in [-0.2, -0.15) is 12.7 Å². The molecule has 1 fully saturated rings. The van der Waals surface area contributed by atoms with E-state index in [1.807, 2.05) is 6.92 Å². The molecule has 108 valence electrons. The highest BCUT2D eigenvalue weighted by molar-refractivity contribution is 7.87. The van der Waals surface area contributed by atoms with Crippen LogP contribution < -0.4 is 10.0 Å². The van der Waals surface area contributed by atoms with Crippen molar-refractivity contribution in [3.8, 4) is 0 Å². The van der Waals surface area contributed by atoms with Crippen molar-refractivity contribution in [1.29, 1.82) is 0 Å². The summed E-state index contributed by atoms with van der Waals surface area (Å²) in [4.78, 5) is 0. The molecule has 1 unspecified atom stereocenters. The summed E-state index contributed by atoms with van der Waals surface area (Å²) in [6.45, 7) is 4.29. The van der Waals surface area contributed by atoms with Crippen LogP contribution >= 0.6 is 0 Å². The van der Waals surface area contributed by atoms with Gasteiger partial charge in [0, 0.05) is 27.2 Å². The average Bonchev–Trinajstić information content (AvgIpc) is 2.77. The average molecular weight is 279 g/mol. The second-order valence-corrected chi connectivity index (χ2v) is 6.75. The van der Waals surface area contributed by atoms with Crippen molar-refractivity contribution < 1.29 is 13.2 Å². The van der Waals surface area contributed by atoms with E-state index in [1.165, 1.54) is 4.31 Å². The van der Waals surface area contributed by atoms with Crippen molar-refractivity contribution >= 4 is 10.2 Å². The van der Waals surface area contributed by atoms with Gasteiger partial charge in [-0.25, -0.2) is 4.72 Å². The Morgan fingerprint density at radius 1 is 1.50 bits per heavy atom. The molecule has 1 aliphatic heterocycles. The van der Waals surface area contributed by atoms with Gasteiger partial charge in [0.2, 0.25) is 0 Å². The molecular formula is C11H25N3O3S. The molecule has 1 aliphatic rings. The number of ether oxygens (including phenoxy) is 1. The van der Waals surface area contributed by atoms with Crippen LogP contribution in [0.25, 0.3) is 0 Å². The Morgan fingerprint density at radius 2 is 2.22 bits per heavy atom. The molecule has 1 rings (SSSR count). The molecule has 0 aromatic heterocycles. The smallest absolute Gasteiger partial charge is 0.279 e. The standard InChI is InChI=1S/C11H25N3O3S/c1-4-8-14(2)18(15,16)13-9-11(10-17-3)6-5-7-12-11/h12-13H,4-10H2,1-3H3. The molecule has 2 N–H and O–H groups in total. The largest absolute Gasteiger partial charge is 0.383 e. The molecule has 1 heterocycles. The third-order valence-corrected chi connectivity index (χ3v) is 4.81. The van der Waals surface area contributed by atoms with Crippen LogP contribution in [-0.2, 0) is 14.9 Å². The SMILES string of the molecule is CCCN(C)S(=O)(=O)NCC1(COC)CCCN1. The van der Waals surface area contributed by atoms with E-state index < -0.39 is 10.2 Å². The van der Waals surface area contributed by atoms with E-state index in [-0.39, 0.29) is 5.54 Å². The Kier molecular flexibility index (Phi) is 6.00. The highest BCUT2D eigenvalue weighted by atomic mass is 32.2. The van der Waals surface area contributed by atoms with E-state index in [0.29, 0.717) is 19.7 Å². The molecule has 7 heteroatoms. The summed E-state index contributed by atoms with van der Waals surface area (Å²) in [5, 5.41) is 3.34. The van der Waals surface area contributed by atoms with Crippen LogP contribution in [0.1, 0.15) is 26.2 Å². The molecule has 0 amide bonds. The summed E-state index contributed by atoms with van der Waals surface area (Å²) in [6, 6.07) is 0. The zero-order valence-electron chi connectivity index (χ0n) is 11.5. The summed E-state index contributed by atoms with van der Waals surface area (Å²) in [7, 11) is -0.146. The van der Waals surface area contributed by atoms with Crippen molar-refractivity contribution in [1.82, 2.24) is 14.3 Å². The van der Waals surface area contributed by atoms with Crippen LogP contribution in [0, 0.1) is 0 Å². The highest BCUT2D eigenvalue weighted by Crippen LogP contribution is 2.19. The van der Waals surface area contributed by atoms with E-state index in [4.69, 9.17) is 4.74 Å². The number of hydrogen-bond acceptors (Lipinski definition) is 4. The summed E-state index contributed by atoms with van der Waals surface area (Å²) >= 11 is 0. The first-order valence-electron chi connectivity index (χ1n) is 6.41. The first kappa shape index (κ1) is 15.8. The van der Waals surface area contributed by atoms with Crippen molar-refractivity contribution in [2.75, 3.05) is 40.4 Å². The molecule has 1 saturated heterocycles. The van der Waals surface area contributed by atoms with Gasteiger partial charge in [-0.15, -0.1) is 0 Å². The molecule has 0 saturated carbocycles. The van der Waals surface area contributed by atoms with E-state index in [2.05, 4.69) is 10.0 Å². The first-order valence-corrected chi connectivity index (χ1v) is 7.85. The van der Waals surface area contributed by atoms with E-state index in [1.54, 1.807) is 14.2 Å². The minimum atomic E-state index is -3.38. The molecule has 0 bridgehead atoms. The summed E-state index contributed by atoms with van der Waals surface area (Å²) in [6.07, 6.45) is 2.79. The fourth-order valence-corrected chi connectivity index (χ4v) is 3.35. The second-order valence-electron chi connectivity index (χ2n) is 4.89.